The highest BCUT2D eigenvalue weighted by molar-refractivity contribution is 6.00. The molecular formula is C14H16O2. The molecule has 84 valence electrons. The van der Waals surface area contributed by atoms with Gasteiger partial charge in [0.25, 0.3) is 0 Å². The normalized spacial score (nSPS) is 44.9. The first-order chi connectivity index (χ1) is 7.78. The first kappa shape index (κ1) is 9.17. The van der Waals surface area contributed by atoms with E-state index in [1.165, 1.54) is 18.4 Å². The van der Waals surface area contributed by atoms with Crippen molar-refractivity contribution in [1.82, 2.24) is 0 Å². The molecule has 1 fully saturated rings. The standard InChI is InChI=1S/C14H16O2/c15-11-4-3-9-8-10-2-1-6-14(10)7-5-12(16-14)13(9)11/h5,7,10,12H,1-4,6,8H2/t10?,12-,14+/m1/s1. The minimum Gasteiger partial charge on any atom is -0.358 e. The molecular weight excluding hydrogens is 200 g/mol. The summed E-state index contributed by atoms with van der Waals surface area (Å²) in [6.45, 7) is 0. The Morgan fingerprint density at radius 3 is 3.25 bits per heavy atom. The molecule has 0 radical (unpaired) electrons. The van der Waals surface area contributed by atoms with E-state index >= 15 is 0 Å². The predicted molar refractivity (Wildman–Crippen MR) is 60.0 cm³/mol. The van der Waals surface area contributed by atoms with Crippen LogP contribution in [-0.4, -0.2) is 17.5 Å². The zero-order valence-corrected chi connectivity index (χ0v) is 9.37. The second-order valence-electron chi connectivity index (χ2n) is 5.59. The third kappa shape index (κ3) is 0.988. The molecule has 0 aromatic rings. The third-order valence-electron chi connectivity index (χ3n) is 4.82. The van der Waals surface area contributed by atoms with Crippen molar-refractivity contribution >= 4 is 5.78 Å². The second kappa shape index (κ2) is 2.86. The van der Waals surface area contributed by atoms with Crippen LogP contribution in [0.25, 0.3) is 0 Å². The Kier molecular flexibility index (Phi) is 1.64. The lowest BCUT2D eigenvalue weighted by Crippen LogP contribution is -2.32. The quantitative estimate of drug-likeness (QED) is 0.582. The van der Waals surface area contributed by atoms with Crippen molar-refractivity contribution in [2.75, 3.05) is 0 Å². The number of Topliss-reactive ketones (excluding diaryl/α,β-unsaturated/α-hetero) is 1. The zero-order chi connectivity index (χ0) is 10.8. The van der Waals surface area contributed by atoms with Crippen molar-refractivity contribution in [3.8, 4) is 0 Å². The van der Waals surface area contributed by atoms with Gasteiger partial charge in [0.15, 0.2) is 5.78 Å². The van der Waals surface area contributed by atoms with Crippen molar-refractivity contribution in [3.05, 3.63) is 23.3 Å². The van der Waals surface area contributed by atoms with E-state index in [1.54, 1.807) is 0 Å². The molecule has 1 spiro atoms. The van der Waals surface area contributed by atoms with Crippen LogP contribution in [0, 0.1) is 5.92 Å². The Morgan fingerprint density at radius 1 is 1.38 bits per heavy atom. The van der Waals surface area contributed by atoms with Crippen LogP contribution < -0.4 is 0 Å². The van der Waals surface area contributed by atoms with Crippen LogP contribution in [0.5, 0.6) is 0 Å². The molecule has 0 aromatic heterocycles. The number of rotatable bonds is 0. The van der Waals surface area contributed by atoms with Crippen LogP contribution in [0.4, 0.5) is 0 Å². The number of ether oxygens (including phenoxy) is 1. The monoisotopic (exact) mass is 216 g/mol. The van der Waals surface area contributed by atoms with E-state index in [-0.39, 0.29) is 11.7 Å². The summed E-state index contributed by atoms with van der Waals surface area (Å²) in [5.41, 5.74) is 2.42. The van der Waals surface area contributed by atoms with Gasteiger partial charge in [-0.15, -0.1) is 0 Å². The van der Waals surface area contributed by atoms with Gasteiger partial charge >= 0.3 is 0 Å². The van der Waals surface area contributed by atoms with E-state index in [9.17, 15) is 4.79 Å². The smallest absolute Gasteiger partial charge is 0.162 e. The van der Waals surface area contributed by atoms with Gasteiger partial charge in [-0.05, 0) is 38.0 Å². The molecule has 2 heterocycles. The number of hydrogen-bond donors (Lipinski definition) is 0. The minimum absolute atomic E-state index is 0.00468. The molecule has 2 bridgehead atoms. The van der Waals surface area contributed by atoms with Gasteiger partial charge in [0.05, 0.1) is 5.60 Å². The van der Waals surface area contributed by atoms with E-state index in [0.29, 0.717) is 11.7 Å². The predicted octanol–water partition coefficient (Wildman–Crippen LogP) is 2.54. The van der Waals surface area contributed by atoms with Gasteiger partial charge in [-0.1, -0.05) is 17.7 Å². The summed E-state index contributed by atoms with van der Waals surface area (Å²) < 4.78 is 6.23. The molecule has 2 nitrogen and oxygen atoms in total. The molecule has 2 aliphatic carbocycles. The van der Waals surface area contributed by atoms with Gasteiger partial charge in [0.1, 0.15) is 6.10 Å². The van der Waals surface area contributed by atoms with Crippen LogP contribution in [0.2, 0.25) is 0 Å². The lowest BCUT2D eigenvalue weighted by molar-refractivity contribution is -0.116. The highest BCUT2D eigenvalue weighted by atomic mass is 16.5. The maximum Gasteiger partial charge on any atom is 0.162 e. The largest absolute Gasteiger partial charge is 0.358 e. The fraction of sp³-hybridized carbons (Fsp3) is 0.643. The van der Waals surface area contributed by atoms with Gasteiger partial charge in [-0.2, -0.15) is 0 Å². The lowest BCUT2D eigenvalue weighted by atomic mass is 9.84. The van der Waals surface area contributed by atoms with Crippen molar-refractivity contribution < 1.29 is 9.53 Å². The van der Waals surface area contributed by atoms with Crippen molar-refractivity contribution in [3.63, 3.8) is 0 Å². The maximum absolute atomic E-state index is 11.9. The average Bonchev–Trinajstić information content (AvgIpc) is 2.90. The number of hydrogen-bond acceptors (Lipinski definition) is 2. The lowest BCUT2D eigenvalue weighted by Gasteiger charge is -2.29. The molecule has 1 unspecified atom stereocenters. The summed E-state index contributed by atoms with van der Waals surface area (Å²) in [6, 6.07) is 0. The highest BCUT2D eigenvalue weighted by Gasteiger charge is 2.50. The fourth-order valence-electron chi connectivity index (χ4n) is 4.04. The second-order valence-corrected chi connectivity index (χ2v) is 5.59. The molecule has 4 aliphatic rings. The Morgan fingerprint density at radius 2 is 2.31 bits per heavy atom. The molecule has 0 saturated heterocycles. The van der Waals surface area contributed by atoms with Crippen molar-refractivity contribution in [1.29, 1.82) is 0 Å². The number of ketones is 1. The number of fused-ring (bicyclic) bond motifs is 2. The summed E-state index contributed by atoms with van der Waals surface area (Å²) in [7, 11) is 0. The third-order valence-corrected chi connectivity index (χ3v) is 4.82. The summed E-state index contributed by atoms with van der Waals surface area (Å²) in [5, 5.41) is 0. The Bertz CT molecular complexity index is 432. The van der Waals surface area contributed by atoms with Crippen LogP contribution in [0.1, 0.15) is 38.5 Å². The van der Waals surface area contributed by atoms with Gasteiger partial charge in [0.2, 0.25) is 0 Å². The number of carbonyl (C=O) groups is 1. The van der Waals surface area contributed by atoms with Gasteiger partial charge < -0.3 is 4.74 Å². The molecule has 4 rings (SSSR count). The Labute approximate surface area is 95.4 Å². The molecule has 3 atom stereocenters. The Balaban J connectivity index is 1.83. The maximum atomic E-state index is 11.9. The van der Waals surface area contributed by atoms with Crippen LogP contribution >= 0.6 is 0 Å². The van der Waals surface area contributed by atoms with Crippen LogP contribution in [-0.2, 0) is 9.53 Å². The molecule has 0 amide bonds. The van der Waals surface area contributed by atoms with E-state index in [4.69, 9.17) is 4.74 Å². The summed E-state index contributed by atoms with van der Waals surface area (Å²) in [4.78, 5) is 11.9. The first-order valence-electron chi connectivity index (χ1n) is 6.41. The number of carbonyl (C=O) groups excluding carboxylic acids is 1. The SMILES string of the molecule is O=C1CCC2=C1[C@H]1C=C[C@]3(CCCC3C2)O1. The highest BCUT2D eigenvalue weighted by Crippen LogP contribution is 2.52. The Hall–Kier alpha value is -0.890. The molecule has 2 aliphatic heterocycles. The molecule has 2 heteroatoms. The number of allylic oxidation sites excluding steroid dienone is 1. The first-order valence-corrected chi connectivity index (χ1v) is 6.41. The summed E-state index contributed by atoms with van der Waals surface area (Å²) >= 11 is 0. The van der Waals surface area contributed by atoms with Crippen molar-refractivity contribution in [2.45, 2.75) is 50.2 Å². The van der Waals surface area contributed by atoms with Gasteiger partial charge in [0, 0.05) is 12.0 Å². The fourth-order valence-corrected chi connectivity index (χ4v) is 4.04. The molecule has 16 heavy (non-hydrogen) atoms. The topological polar surface area (TPSA) is 26.3 Å². The molecule has 1 saturated carbocycles. The molecule has 0 aromatic carbocycles. The summed E-state index contributed by atoms with van der Waals surface area (Å²) in [5.74, 6) is 0.967. The van der Waals surface area contributed by atoms with E-state index in [1.807, 2.05) is 0 Å². The summed E-state index contributed by atoms with van der Waals surface area (Å²) in [6.07, 6.45) is 10.9. The van der Waals surface area contributed by atoms with Gasteiger partial charge in [-0.25, -0.2) is 0 Å². The van der Waals surface area contributed by atoms with E-state index in [0.717, 1.165) is 31.3 Å². The van der Waals surface area contributed by atoms with Crippen molar-refractivity contribution in [2.24, 2.45) is 5.92 Å². The van der Waals surface area contributed by atoms with Crippen LogP contribution in [0.3, 0.4) is 0 Å². The minimum atomic E-state index is -0.00639. The average molecular weight is 216 g/mol. The van der Waals surface area contributed by atoms with Gasteiger partial charge in [-0.3, -0.25) is 4.79 Å². The molecule has 0 N–H and O–H groups in total. The van der Waals surface area contributed by atoms with E-state index in [2.05, 4.69) is 12.2 Å². The zero-order valence-electron chi connectivity index (χ0n) is 9.37. The van der Waals surface area contributed by atoms with Crippen LogP contribution in [0.15, 0.2) is 23.3 Å². The van der Waals surface area contributed by atoms with E-state index < -0.39 is 0 Å².